The third-order valence-electron chi connectivity index (χ3n) is 4.39. The Morgan fingerprint density at radius 2 is 1.71 bits per heavy atom. The van der Waals surface area contributed by atoms with Gasteiger partial charge in [-0.25, -0.2) is 0 Å². The summed E-state index contributed by atoms with van der Waals surface area (Å²) in [4.78, 5) is 13.1. The third kappa shape index (κ3) is 3.21. The van der Waals surface area contributed by atoms with Crippen LogP contribution in [0.3, 0.4) is 0 Å². The average molecular weight is 288 g/mol. The molecule has 0 aromatic heterocycles. The van der Waals surface area contributed by atoms with Gasteiger partial charge < -0.3 is 4.74 Å². The molecule has 1 aliphatic rings. The zero-order chi connectivity index (χ0) is 16.1. The topological polar surface area (TPSA) is 26.3 Å². The van der Waals surface area contributed by atoms with Crippen molar-refractivity contribution in [3.05, 3.63) is 35.4 Å². The summed E-state index contributed by atoms with van der Waals surface area (Å²) in [6, 6.07) is 8.00. The predicted octanol–water partition coefficient (Wildman–Crippen LogP) is 4.76. The van der Waals surface area contributed by atoms with Crippen LogP contribution in [0.25, 0.3) is 0 Å². The Morgan fingerprint density at radius 3 is 2.19 bits per heavy atom. The molecular formula is C19H28O2. The van der Waals surface area contributed by atoms with Crippen LogP contribution in [0.4, 0.5) is 0 Å². The van der Waals surface area contributed by atoms with E-state index in [1.807, 2.05) is 32.0 Å². The van der Waals surface area contributed by atoms with Crippen molar-refractivity contribution >= 4 is 5.78 Å². The van der Waals surface area contributed by atoms with Crippen LogP contribution >= 0.6 is 0 Å². The van der Waals surface area contributed by atoms with E-state index in [2.05, 4.69) is 40.7 Å². The Morgan fingerprint density at radius 1 is 1.14 bits per heavy atom. The first-order valence-electron chi connectivity index (χ1n) is 7.78. The molecule has 1 saturated heterocycles. The zero-order valence-electron chi connectivity index (χ0n) is 14.4. The number of rotatable bonds is 2. The Bertz CT molecular complexity index is 547. The molecule has 0 amide bonds. The van der Waals surface area contributed by atoms with Crippen molar-refractivity contribution in [2.75, 3.05) is 0 Å². The molecule has 116 valence electrons. The molecule has 1 aromatic rings. The highest BCUT2D eigenvalue weighted by Gasteiger charge is 2.49. The average Bonchev–Trinajstić information content (AvgIpc) is 2.55. The van der Waals surface area contributed by atoms with E-state index in [9.17, 15) is 4.79 Å². The van der Waals surface area contributed by atoms with Crippen LogP contribution in [0, 0.1) is 5.92 Å². The van der Waals surface area contributed by atoms with Crippen LogP contribution in [-0.4, -0.2) is 17.0 Å². The van der Waals surface area contributed by atoms with Crippen molar-refractivity contribution < 1.29 is 9.53 Å². The SMILES string of the molecule is CC1(C)CC(C(=O)c2ccccc2C(C)(C)C)C(C)(C)O1. The van der Waals surface area contributed by atoms with Gasteiger partial charge >= 0.3 is 0 Å². The van der Waals surface area contributed by atoms with E-state index in [4.69, 9.17) is 4.74 Å². The van der Waals surface area contributed by atoms with Gasteiger partial charge in [0.05, 0.1) is 17.1 Å². The minimum Gasteiger partial charge on any atom is -0.369 e. The molecule has 0 N–H and O–H groups in total. The normalized spacial score (nSPS) is 24.0. The summed E-state index contributed by atoms with van der Waals surface area (Å²) < 4.78 is 6.10. The first kappa shape index (κ1) is 16.2. The monoisotopic (exact) mass is 288 g/mol. The van der Waals surface area contributed by atoms with Gasteiger partial charge in [-0.3, -0.25) is 4.79 Å². The van der Waals surface area contributed by atoms with Gasteiger partial charge in [-0.1, -0.05) is 45.0 Å². The predicted molar refractivity (Wildman–Crippen MR) is 86.8 cm³/mol. The first-order valence-corrected chi connectivity index (χ1v) is 7.78. The second-order valence-electron chi connectivity index (χ2n) is 8.38. The fraction of sp³-hybridized carbons (Fsp3) is 0.632. The molecule has 0 bridgehead atoms. The summed E-state index contributed by atoms with van der Waals surface area (Å²) in [6.07, 6.45) is 0.775. The van der Waals surface area contributed by atoms with Crippen molar-refractivity contribution in [2.24, 2.45) is 5.92 Å². The van der Waals surface area contributed by atoms with E-state index in [0.717, 1.165) is 17.5 Å². The summed E-state index contributed by atoms with van der Waals surface area (Å²) in [5.74, 6) is 0.132. The number of Topliss-reactive ketones (excluding diaryl/α,β-unsaturated/α-hetero) is 1. The minimum absolute atomic E-state index is 0.0363. The molecule has 1 aromatic carbocycles. The zero-order valence-corrected chi connectivity index (χ0v) is 14.4. The molecule has 21 heavy (non-hydrogen) atoms. The fourth-order valence-electron chi connectivity index (χ4n) is 3.51. The van der Waals surface area contributed by atoms with E-state index < -0.39 is 5.60 Å². The van der Waals surface area contributed by atoms with Gasteiger partial charge in [0.25, 0.3) is 0 Å². The second kappa shape index (κ2) is 4.95. The molecule has 0 spiro atoms. The van der Waals surface area contributed by atoms with Crippen molar-refractivity contribution in [3.63, 3.8) is 0 Å². The molecule has 1 unspecified atom stereocenters. The maximum Gasteiger partial charge on any atom is 0.169 e. The molecule has 1 heterocycles. The number of ketones is 1. The number of carbonyl (C=O) groups excluding carboxylic acids is 1. The first-order chi connectivity index (χ1) is 9.44. The standard InChI is InChI=1S/C19H28O2/c1-17(2,3)14-11-9-8-10-13(14)16(20)15-12-18(4,5)21-19(15,6)7/h8-11,15H,12H2,1-7H3. The fourth-order valence-corrected chi connectivity index (χ4v) is 3.51. The lowest BCUT2D eigenvalue weighted by atomic mass is 9.76. The molecule has 2 rings (SSSR count). The molecule has 1 atom stereocenters. The van der Waals surface area contributed by atoms with E-state index in [1.54, 1.807) is 0 Å². The molecule has 1 fully saturated rings. The summed E-state index contributed by atoms with van der Waals surface area (Å²) in [5.41, 5.74) is 1.29. The van der Waals surface area contributed by atoms with E-state index in [0.29, 0.717) is 0 Å². The van der Waals surface area contributed by atoms with Crippen molar-refractivity contribution in [2.45, 2.75) is 71.5 Å². The largest absolute Gasteiger partial charge is 0.369 e. The Kier molecular flexibility index (Phi) is 3.82. The number of ether oxygens (including phenoxy) is 1. The third-order valence-corrected chi connectivity index (χ3v) is 4.39. The smallest absolute Gasteiger partial charge is 0.169 e. The van der Waals surface area contributed by atoms with E-state index in [1.165, 1.54) is 0 Å². The molecule has 2 heteroatoms. The van der Waals surface area contributed by atoms with Crippen molar-refractivity contribution in [1.82, 2.24) is 0 Å². The number of benzene rings is 1. The van der Waals surface area contributed by atoms with Gasteiger partial charge in [-0.2, -0.15) is 0 Å². The molecule has 0 saturated carbocycles. The lowest BCUT2D eigenvalue weighted by Crippen LogP contribution is -2.34. The van der Waals surface area contributed by atoms with Gasteiger partial charge in [0.15, 0.2) is 5.78 Å². The number of carbonyl (C=O) groups is 1. The van der Waals surface area contributed by atoms with Crippen LogP contribution < -0.4 is 0 Å². The molecular weight excluding hydrogens is 260 g/mol. The van der Waals surface area contributed by atoms with Crippen LogP contribution in [0.5, 0.6) is 0 Å². The second-order valence-corrected chi connectivity index (χ2v) is 8.38. The van der Waals surface area contributed by atoms with Crippen LogP contribution in [0.2, 0.25) is 0 Å². The molecule has 0 aliphatic carbocycles. The van der Waals surface area contributed by atoms with Gasteiger partial charge in [0.2, 0.25) is 0 Å². The van der Waals surface area contributed by atoms with Crippen LogP contribution in [0.15, 0.2) is 24.3 Å². The van der Waals surface area contributed by atoms with Gasteiger partial charge in [0, 0.05) is 5.56 Å². The highest BCUT2D eigenvalue weighted by molar-refractivity contribution is 6.00. The van der Waals surface area contributed by atoms with Crippen molar-refractivity contribution in [3.8, 4) is 0 Å². The van der Waals surface area contributed by atoms with Crippen LogP contribution in [0.1, 0.15) is 70.8 Å². The summed E-state index contributed by atoms with van der Waals surface area (Å²) in [7, 11) is 0. The van der Waals surface area contributed by atoms with Gasteiger partial charge in [0.1, 0.15) is 0 Å². The summed E-state index contributed by atoms with van der Waals surface area (Å²) in [6.45, 7) is 14.7. The number of hydrogen-bond donors (Lipinski definition) is 0. The summed E-state index contributed by atoms with van der Waals surface area (Å²) >= 11 is 0. The van der Waals surface area contributed by atoms with Crippen LogP contribution in [-0.2, 0) is 10.2 Å². The molecule has 2 nitrogen and oxygen atoms in total. The van der Waals surface area contributed by atoms with E-state index in [-0.39, 0.29) is 22.7 Å². The quantitative estimate of drug-likeness (QED) is 0.733. The van der Waals surface area contributed by atoms with Gasteiger partial charge in [-0.05, 0) is 45.1 Å². The number of hydrogen-bond acceptors (Lipinski definition) is 2. The molecule has 1 aliphatic heterocycles. The Balaban J connectivity index is 2.43. The Labute approximate surface area is 128 Å². The van der Waals surface area contributed by atoms with Crippen molar-refractivity contribution in [1.29, 1.82) is 0 Å². The highest BCUT2D eigenvalue weighted by Crippen LogP contribution is 2.44. The highest BCUT2D eigenvalue weighted by atomic mass is 16.5. The van der Waals surface area contributed by atoms with Gasteiger partial charge in [-0.15, -0.1) is 0 Å². The maximum absolute atomic E-state index is 13.1. The lowest BCUT2D eigenvalue weighted by molar-refractivity contribution is -0.0712. The Hall–Kier alpha value is -1.15. The summed E-state index contributed by atoms with van der Waals surface area (Å²) in [5, 5.41) is 0. The maximum atomic E-state index is 13.1. The molecule has 0 radical (unpaired) electrons. The minimum atomic E-state index is -0.411. The van der Waals surface area contributed by atoms with E-state index >= 15 is 0 Å². The lowest BCUT2D eigenvalue weighted by Gasteiger charge is -2.28.